The lowest BCUT2D eigenvalue weighted by Crippen LogP contribution is -2.40. The second-order valence-electron chi connectivity index (χ2n) is 26.4. The molecule has 0 bridgehead atoms. The number of hydrogen-bond acceptors (Lipinski definition) is 10. The van der Waals surface area contributed by atoms with E-state index in [1.54, 1.807) is 24.3 Å². The summed E-state index contributed by atoms with van der Waals surface area (Å²) in [5.41, 5.74) is 17.5. The SMILES string of the molecule is CC(c1ccc(-c2nc(-c3ccccc3)nc(-c3ccccc3)n2)cc1)(c1ccc(-c2nc(-c3ccccc3)nc(-c3ccccc3)n2)cc1)C(F)(F)F.Cc1cc(-c2ccccc2)c2ccc3c(-c4ccccc4)cc(C)nc3c2n1.c1ccc(-c2ccnc3c2ccc2c(-c4ccccc4)ccnc23)cc1. The third-order valence-electron chi connectivity index (χ3n) is 19.4. The normalized spacial score (nSPS) is 11.4. The lowest BCUT2D eigenvalue weighted by molar-refractivity contribution is -0.173. The number of hydrogen-bond donors (Lipinski definition) is 0. The maximum absolute atomic E-state index is 15.2. The summed E-state index contributed by atoms with van der Waals surface area (Å²) in [4.78, 5) is 47.5. The van der Waals surface area contributed by atoms with Gasteiger partial charge in [-0.1, -0.05) is 315 Å². The molecule has 0 fully saturated rings. The summed E-state index contributed by atoms with van der Waals surface area (Å²) in [6.07, 6.45) is -0.875. The number of aromatic nitrogens is 10. The van der Waals surface area contributed by atoms with Gasteiger partial charge in [0.25, 0.3) is 0 Å². The Hall–Kier alpha value is -13.9. The molecule has 518 valence electrons. The van der Waals surface area contributed by atoms with Gasteiger partial charge in [-0.3, -0.25) is 19.9 Å². The Morgan fingerprint density at radius 2 is 0.444 bits per heavy atom. The zero-order valence-corrected chi connectivity index (χ0v) is 59.1. The molecule has 10 nitrogen and oxygen atoms in total. The van der Waals surface area contributed by atoms with Gasteiger partial charge in [-0.15, -0.1) is 0 Å². The van der Waals surface area contributed by atoms with E-state index in [1.807, 2.05) is 158 Å². The molecular formula is C95H67F3N10. The topological polar surface area (TPSA) is 129 Å². The molecule has 0 radical (unpaired) electrons. The minimum absolute atomic E-state index is 0.0741. The summed E-state index contributed by atoms with van der Waals surface area (Å²) < 4.78 is 45.7. The van der Waals surface area contributed by atoms with Crippen LogP contribution < -0.4 is 0 Å². The second-order valence-corrected chi connectivity index (χ2v) is 26.4. The summed E-state index contributed by atoms with van der Waals surface area (Å²) in [5, 5.41) is 4.54. The van der Waals surface area contributed by atoms with Crippen molar-refractivity contribution in [2.24, 2.45) is 0 Å². The molecule has 0 amide bonds. The zero-order chi connectivity index (χ0) is 73.6. The molecule has 0 aliphatic rings. The molecule has 12 aromatic carbocycles. The van der Waals surface area contributed by atoms with Crippen molar-refractivity contribution in [3.8, 4) is 113 Å². The summed E-state index contributed by atoms with van der Waals surface area (Å²) in [7, 11) is 0. The summed E-state index contributed by atoms with van der Waals surface area (Å²) in [6, 6.07) is 110. The van der Waals surface area contributed by atoms with Gasteiger partial charge in [0.1, 0.15) is 5.41 Å². The van der Waals surface area contributed by atoms with Crippen molar-refractivity contribution in [2.45, 2.75) is 32.4 Å². The fraction of sp³-hybridized carbons (Fsp3) is 0.0526. The lowest BCUT2D eigenvalue weighted by atomic mass is 9.75. The number of rotatable bonds is 12. The highest BCUT2D eigenvalue weighted by atomic mass is 19.4. The molecule has 108 heavy (non-hydrogen) atoms. The van der Waals surface area contributed by atoms with E-state index < -0.39 is 11.6 Å². The van der Waals surface area contributed by atoms with Crippen LogP contribution in [0.1, 0.15) is 29.4 Å². The largest absolute Gasteiger partial charge is 0.402 e. The fourth-order valence-corrected chi connectivity index (χ4v) is 13.8. The van der Waals surface area contributed by atoms with E-state index >= 15 is 13.2 Å². The Bertz CT molecular complexity index is 5720. The Kier molecular flexibility index (Phi) is 19.1. The van der Waals surface area contributed by atoms with Crippen LogP contribution in [-0.2, 0) is 5.41 Å². The number of benzene rings is 12. The van der Waals surface area contributed by atoms with Crippen LogP contribution in [0, 0.1) is 13.8 Å². The molecular weight excluding hydrogens is 1340 g/mol. The summed E-state index contributed by atoms with van der Waals surface area (Å²) in [5.74, 6) is 2.58. The average Bonchev–Trinajstić information content (AvgIpc) is 0.763. The molecule has 6 aromatic heterocycles. The van der Waals surface area contributed by atoms with Crippen LogP contribution in [0.5, 0.6) is 0 Å². The number of nitrogens with zero attached hydrogens (tertiary/aromatic N) is 10. The first-order valence-corrected chi connectivity index (χ1v) is 35.5. The predicted molar refractivity (Wildman–Crippen MR) is 430 cm³/mol. The minimum Gasteiger partial charge on any atom is -0.254 e. The van der Waals surface area contributed by atoms with E-state index in [4.69, 9.17) is 39.9 Å². The summed E-state index contributed by atoms with van der Waals surface area (Å²) >= 11 is 0. The van der Waals surface area contributed by atoms with E-state index in [0.29, 0.717) is 46.1 Å². The minimum atomic E-state index is -4.63. The standard InChI is InChI=1S/C45H31F3N6.C26H20N2.C24H16N2/c1-44(45(46,47)48,36-26-22-34(23-27-36)42-51-38(30-14-6-2-7-15-30)49-39(52-42)31-16-8-3-9-17-31)37-28-24-35(25-29-37)43-53-40(32-18-10-4-11-19-32)50-41(54-43)33-20-12-5-13-21-33;1-17-15-23(19-9-5-3-6-10-19)21-13-14-22-24(20-11-7-4-8-12-20)16-18(2)28-26(22)25(21)27-17;1-3-7-17(8-4-1)19-13-15-25-23-21(19)11-12-22-20(14-16-26-24(22)23)18-9-5-2-6-10-18/h2-29H,1H3;3-16H,1-2H3;1-16H. The highest BCUT2D eigenvalue weighted by Crippen LogP contribution is 2.47. The van der Waals surface area contributed by atoms with Gasteiger partial charge in [0, 0.05) is 78.7 Å². The molecule has 0 spiro atoms. The van der Waals surface area contributed by atoms with Crippen LogP contribution in [0.25, 0.3) is 156 Å². The number of halogens is 3. The fourth-order valence-electron chi connectivity index (χ4n) is 13.8. The first kappa shape index (κ1) is 68.5. The number of alkyl halides is 3. The van der Waals surface area contributed by atoms with E-state index in [2.05, 4.69) is 169 Å². The highest BCUT2D eigenvalue weighted by molar-refractivity contribution is 6.13. The van der Waals surface area contributed by atoms with Crippen molar-refractivity contribution in [1.82, 2.24) is 49.8 Å². The van der Waals surface area contributed by atoms with Gasteiger partial charge in [-0.05, 0) is 101 Å². The van der Waals surface area contributed by atoms with Gasteiger partial charge in [0.2, 0.25) is 0 Å². The molecule has 0 N–H and O–H groups in total. The van der Waals surface area contributed by atoms with Crippen LogP contribution >= 0.6 is 0 Å². The molecule has 18 rings (SSSR count). The molecule has 0 unspecified atom stereocenters. The lowest BCUT2D eigenvalue weighted by Gasteiger charge is -2.33. The molecule has 0 atom stereocenters. The third-order valence-corrected chi connectivity index (χ3v) is 19.4. The Balaban J connectivity index is 0.000000137. The van der Waals surface area contributed by atoms with Crippen molar-refractivity contribution < 1.29 is 13.2 Å². The summed E-state index contributed by atoms with van der Waals surface area (Å²) in [6.45, 7) is 5.31. The first-order valence-electron chi connectivity index (χ1n) is 35.5. The van der Waals surface area contributed by atoms with E-state index in [1.165, 1.54) is 75.7 Å². The smallest absolute Gasteiger partial charge is 0.254 e. The van der Waals surface area contributed by atoms with Crippen LogP contribution in [0.15, 0.2) is 352 Å². The van der Waals surface area contributed by atoms with Crippen molar-refractivity contribution in [2.75, 3.05) is 0 Å². The number of aryl methyl sites for hydroxylation is 2. The van der Waals surface area contributed by atoms with Gasteiger partial charge in [-0.2, -0.15) is 13.2 Å². The van der Waals surface area contributed by atoms with Crippen molar-refractivity contribution >= 4 is 43.6 Å². The van der Waals surface area contributed by atoms with Gasteiger partial charge < -0.3 is 0 Å². The van der Waals surface area contributed by atoms with Crippen LogP contribution in [-0.4, -0.2) is 56.0 Å². The first-order chi connectivity index (χ1) is 52.9. The van der Waals surface area contributed by atoms with Crippen molar-refractivity contribution in [1.29, 1.82) is 0 Å². The van der Waals surface area contributed by atoms with Crippen LogP contribution in [0.3, 0.4) is 0 Å². The second kappa shape index (κ2) is 30.0. The third kappa shape index (κ3) is 14.1. The Labute approximate surface area is 622 Å². The van der Waals surface area contributed by atoms with Crippen molar-refractivity contribution in [3.63, 3.8) is 0 Å². The highest BCUT2D eigenvalue weighted by Gasteiger charge is 2.53. The van der Waals surface area contributed by atoms with E-state index in [0.717, 1.165) is 77.3 Å². The van der Waals surface area contributed by atoms with Crippen molar-refractivity contribution in [3.05, 3.63) is 375 Å². The number of fused-ring (bicyclic) bond motifs is 6. The molecule has 0 aliphatic carbocycles. The van der Waals surface area contributed by atoms with E-state index in [9.17, 15) is 0 Å². The maximum atomic E-state index is 15.2. The monoisotopic (exact) mass is 1400 g/mol. The van der Waals surface area contributed by atoms with Gasteiger partial charge in [0.15, 0.2) is 34.9 Å². The molecule has 13 heteroatoms. The molecule has 6 heterocycles. The quantitative estimate of drug-likeness (QED) is 0.109. The van der Waals surface area contributed by atoms with E-state index in [-0.39, 0.29) is 11.1 Å². The molecule has 0 saturated carbocycles. The zero-order valence-electron chi connectivity index (χ0n) is 59.1. The van der Waals surface area contributed by atoms with Gasteiger partial charge in [-0.25, -0.2) is 29.9 Å². The number of pyridine rings is 4. The molecule has 0 aliphatic heterocycles. The van der Waals surface area contributed by atoms with Crippen LogP contribution in [0.2, 0.25) is 0 Å². The Morgan fingerprint density at radius 3 is 0.694 bits per heavy atom. The predicted octanol–water partition coefficient (Wildman–Crippen LogP) is 23.8. The molecule has 0 saturated heterocycles. The maximum Gasteiger partial charge on any atom is 0.402 e. The average molecular weight is 1410 g/mol. The Morgan fingerprint density at radius 1 is 0.222 bits per heavy atom. The van der Waals surface area contributed by atoms with Crippen LogP contribution in [0.4, 0.5) is 13.2 Å². The van der Waals surface area contributed by atoms with Gasteiger partial charge in [0.05, 0.1) is 22.1 Å². The van der Waals surface area contributed by atoms with Gasteiger partial charge >= 0.3 is 6.18 Å². The molecule has 18 aromatic rings.